The molecule has 0 unspecified atom stereocenters. The third-order valence-electron chi connectivity index (χ3n) is 5.16. The van der Waals surface area contributed by atoms with Gasteiger partial charge in [0.2, 0.25) is 11.9 Å². The van der Waals surface area contributed by atoms with Gasteiger partial charge in [-0.1, -0.05) is 42.0 Å². The maximum Gasteiger partial charge on any atom is 0.293 e. The fourth-order valence-electron chi connectivity index (χ4n) is 3.51. The minimum Gasteiger partial charge on any atom is -0.485 e. The summed E-state index contributed by atoms with van der Waals surface area (Å²) < 4.78 is 17.2. The number of rotatable bonds is 4. The van der Waals surface area contributed by atoms with Crippen molar-refractivity contribution in [1.29, 1.82) is 0 Å². The Morgan fingerprint density at radius 2 is 1.59 bits per heavy atom. The normalized spacial score (nSPS) is 14.7. The van der Waals surface area contributed by atoms with E-state index in [9.17, 15) is 9.59 Å². The van der Waals surface area contributed by atoms with Gasteiger partial charge >= 0.3 is 0 Å². The van der Waals surface area contributed by atoms with E-state index in [0.717, 1.165) is 5.56 Å². The van der Waals surface area contributed by atoms with Gasteiger partial charge in [-0.05, 0) is 43.3 Å². The minimum atomic E-state index is -0.869. The van der Waals surface area contributed by atoms with Crippen molar-refractivity contribution in [3.63, 3.8) is 0 Å². The molecule has 7 heteroatoms. The predicted molar refractivity (Wildman–Crippen MR) is 120 cm³/mol. The minimum absolute atomic E-state index is 0.0113. The molecular formula is C25H20N2O5. The van der Waals surface area contributed by atoms with E-state index in [1.807, 2.05) is 31.2 Å². The molecule has 7 nitrogen and oxygen atoms in total. The maximum atomic E-state index is 13.0. The second-order valence-electron chi connectivity index (χ2n) is 7.48. The van der Waals surface area contributed by atoms with Gasteiger partial charge in [-0.15, -0.1) is 0 Å². The Morgan fingerprint density at radius 3 is 2.41 bits per heavy atom. The number of furan rings is 1. The lowest BCUT2D eigenvalue weighted by molar-refractivity contribution is -0.125. The molecule has 4 aromatic rings. The number of anilines is 2. The Hall–Kier alpha value is -4.26. The molecule has 5 rings (SSSR count). The number of hydrogen-bond acceptors (Lipinski definition) is 5. The highest BCUT2D eigenvalue weighted by Crippen LogP contribution is 2.34. The predicted octanol–water partition coefficient (Wildman–Crippen LogP) is 4.77. The van der Waals surface area contributed by atoms with Crippen molar-refractivity contribution >= 4 is 34.2 Å². The third-order valence-corrected chi connectivity index (χ3v) is 5.16. The van der Waals surface area contributed by atoms with Crippen LogP contribution in [0.15, 0.2) is 77.2 Å². The van der Waals surface area contributed by atoms with E-state index >= 15 is 0 Å². The summed E-state index contributed by atoms with van der Waals surface area (Å²) >= 11 is 0. The van der Waals surface area contributed by atoms with E-state index in [4.69, 9.17) is 13.9 Å². The van der Waals surface area contributed by atoms with Crippen molar-refractivity contribution in [3.05, 3.63) is 84.1 Å². The molecule has 160 valence electrons. The quantitative estimate of drug-likeness (QED) is 0.489. The van der Waals surface area contributed by atoms with Crippen LogP contribution in [-0.4, -0.2) is 24.5 Å². The zero-order valence-corrected chi connectivity index (χ0v) is 17.3. The van der Waals surface area contributed by atoms with E-state index in [0.29, 0.717) is 28.2 Å². The van der Waals surface area contributed by atoms with Gasteiger partial charge in [-0.2, -0.15) is 0 Å². The molecule has 1 atom stereocenters. The van der Waals surface area contributed by atoms with Crippen LogP contribution in [-0.2, 0) is 4.79 Å². The summed E-state index contributed by atoms with van der Waals surface area (Å²) in [7, 11) is 0. The number of aryl methyl sites for hydroxylation is 1. The monoisotopic (exact) mass is 428 g/mol. The van der Waals surface area contributed by atoms with Crippen LogP contribution < -0.4 is 20.1 Å². The first-order chi connectivity index (χ1) is 15.6. The first kappa shape index (κ1) is 19.7. The number of carbonyl (C=O) groups is 2. The lowest BCUT2D eigenvalue weighted by Gasteiger charge is -2.25. The second kappa shape index (κ2) is 8.11. The van der Waals surface area contributed by atoms with Gasteiger partial charge in [0.05, 0.1) is 0 Å². The van der Waals surface area contributed by atoms with E-state index in [-0.39, 0.29) is 18.1 Å². The number of benzene rings is 3. The Morgan fingerprint density at radius 1 is 0.875 bits per heavy atom. The molecule has 1 aromatic heterocycles. The third kappa shape index (κ3) is 3.76. The van der Waals surface area contributed by atoms with Crippen LogP contribution in [0.5, 0.6) is 11.5 Å². The molecule has 2 heterocycles. The number of nitrogens with one attached hydrogen (secondary N) is 2. The highest BCUT2D eigenvalue weighted by molar-refractivity contribution is 6.15. The van der Waals surface area contributed by atoms with Crippen LogP contribution >= 0.6 is 0 Å². The fraction of sp³-hybridized carbons (Fsp3) is 0.120. The van der Waals surface area contributed by atoms with Crippen LogP contribution in [0.1, 0.15) is 16.1 Å². The number of amides is 2. The van der Waals surface area contributed by atoms with Crippen LogP contribution in [0.3, 0.4) is 0 Å². The van der Waals surface area contributed by atoms with Crippen molar-refractivity contribution in [3.8, 4) is 11.5 Å². The van der Waals surface area contributed by atoms with Crippen LogP contribution in [0.4, 0.5) is 11.4 Å². The van der Waals surface area contributed by atoms with E-state index < -0.39 is 17.9 Å². The summed E-state index contributed by atoms with van der Waals surface area (Å²) in [4.78, 5) is 26.0. The Balaban J connectivity index is 1.42. The van der Waals surface area contributed by atoms with Crippen molar-refractivity contribution in [2.75, 3.05) is 17.2 Å². The van der Waals surface area contributed by atoms with Gasteiger partial charge in [-0.3, -0.25) is 9.59 Å². The van der Waals surface area contributed by atoms with E-state index in [1.165, 1.54) is 0 Å². The van der Waals surface area contributed by atoms with Gasteiger partial charge in [0.15, 0.2) is 11.5 Å². The highest BCUT2D eigenvalue weighted by atomic mass is 16.6. The van der Waals surface area contributed by atoms with Gasteiger partial charge < -0.3 is 24.5 Å². The van der Waals surface area contributed by atoms with Crippen LogP contribution in [0.25, 0.3) is 11.0 Å². The average molecular weight is 428 g/mol. The largest absolute Gasteiger partial charge is 0.485 e. The van der Waals surface area contributed by atoms with Crippen LogP contribution in [0.2, 0.25) is 0 Å². The molecule has 2 N–H and O–H groups in total. The molecule has 3 aromatic carbocycles. The standard InChI is InChI=1S/C25H20N2O5/c1-15-10-12-16(13-11-15)26-25(29)23-22(17-6-2-3-7-18(17)32-23)27-24(28)21-14-30-19-8-4-5-9-20(19)31-21/h2-13,21H,14H2,1H3,(H,26,29)(H,27,28)/t21-/m0/s1. The number of ether oxygens (including phenoxy) is 2. The summed E-state index contributed by atoms with van der Waals surface area (Å²) in [6.45, 7) is 2.03. The molecule has 0 bridgehead atoms. The molecule has 0 spiro atoms. The molecule has 1 aliphatic heterocycles. The Labute approximate surface area is 183 Å². The number of fused-ring (bicyclic) bond motifs is 2. The van der Waals surface area contributed by atoms with Gasteiger partial charge in [0.25, 0.3) is 11.8 Å². The number of carbonyl (C=O) groups excluding carboxylic acids is 2. The maximum absolute atomic E-state index is 13.0. The highest BCUT2D eigenvalue weighted by Gasteiger charge is 2.30. The zero-order chi connectivity index (χ0) is 22.1. The van der Waals surface area contributed by atoms with Crippen molar-refractivity contribution in [2.24, 2.45) is 0 Å². The Kier molecular flexibility index (Phi) is 4.99. The molecule has 0 saturated carbocycles. The number of para-hydroxylation sites is 3. The van der Waals surface area contributed by atoms with E-state index in [2.05, 4.69) is 10.6 Å². The molecule has 0 saturated heterocycles. The average Bonchev–Trinajstić information content (AvgIpc) is 3.19. The van der Waals surface area contributed by atoms with Crippen molar-refractivity contribution in [2.45, 2.75) is 13.0 Å². The summed E-state index contributed by atoms with van der Waals surface area (Å²) in [5.41, 5.74) is 2.48. The smallest absolute Gasteiger partial charge is 0.293 e. The molecule has 0 aliphatic carbocycles. The summed E-state index contributed by atoms with van der Waals surface area (Å²) in [5.74, 6) is 0.191. The lowest BCUT2D eigenvalue weighted by Crippen LogP contribution is -2.40. The second-order valence-corrected chi connectivity index (χ2v) is 7.48. The summed E-state index contributed by atoms with van der Waals surface area (Å²) in [5, 5.41) is 6.24. The topological polar surface area (TPSA) is 89.8 Å². The number of hydrogen-bond donors (Lipinski definition) is 2. The first-order valence-electron chi connectivity index (χ1n) is 10.2. The molecule has 0 radical (unpaired) electrons. The molecule has 0 fully saturated rings. The first-order valence-corrected chi connectivity index (χ1v) is 10.2. The molecule has 2 amide bonds. The molecule has 1 aliphatic rings. The SMILES string of the molecule is Cc1ccc(NC(=O)c2oc3ccccc3c2NC(=O)[C@@H]2COc3ccccc3O2)cc1. The van der Waals surface area contributed by atoms with Gasteiger partial charge in [0, 0.05) is 11.1 Å². The Bertz CT molecular complexity index is 1310. The van der Waals surface area contributed by atoms with Crippen molar-refractivity contribution < 1.29 is 23.5 Å². The van der Waals surface area contributed by atoms with Gasteiger partial charge in [0.1, 0.15) is 17.9 Å². The van der Waals surface area contributed by atoms with Crippen LogP contribution in [0, 0.1) is 6.92 Å². The van der Waals surface area contributed by atoms with Gasteiger partial charge in [-0.25, -0.2) is 0 Å². The molecular weight excluding hydrogens is 408 g/mol. The zero-order valence-electron chi connectivity index (χ0n) is 17.3. The summed E-state index contributed by atoms with van der Waals surface area (Å²) in [6.07, 6.45) is -0.869. The fourth-order valence-corrected chi connectivity index (χ4v) is 3.51. The summed E-state index contributed by atoms with van der Waals surface area (Å²) in [6, 6.07) is 21.7. The van der Waals surface area contributed by atoms with Crippen molar-refractivity contribution in [1.82, 2.24) is 0 Å². The van der Waals surface area contributed by atoms with E-state index in [1.54, 1.807) is 48.5 Å². The molecule has 32 heavy (non-hydrogen) atoms. The lowest BCUT2D eigenvalue weighted by atomic mass is 10.2.